The SMILES string of the molecule is O=C(NC(CC1CC1)C(=O)O)c1cnc2ccccn2c1=O. The fraction of sp³-hybridized carbons (Fsp3) is 0.333. The van der Waals surface area contributed by atoms with E-state index < -0.39 is 23.5 Å². The number of pyridine rings is 1. The van der Waals surface area contributed by atoms with Crippen molar-refractivity contribution in [1.82, 2.24) is 14.7 Å². The van der Waals surface area contributed by atoms with Crippen molar-refractivity contribution in [3.8, 4) is 0 Å². The summed E-state index contributed by atoms with van der Waals surface area (Å²) in [5, 5.41) is 11.6. The Hall–Kier alpha value is -2.70. The predicted octanol–water partition coefficient (Wildman–Crippen LogP) is 0.678. The van der Waals surface area contributed by atoms with Gasteiger partial charge < -0.3 is 10.4 Å². The third-order valence-corrected chi connectivity index (χ3v) is 3.73. The zero-order valence-electron chi connectivity index (χ0n) is 11.7. The number of amides is 1. The van der Waals surface area contributed by atoms with Crippen LogP contribution in [0.4, 0.5) is 0 Å². The van der Waals surface area contributed by atoms with Gasteiger partial charge in [0.15, 0.2) is 0 Å². The van der Waals surface area contributed by atoms with Crippen LogP contribution in [0.5, 0.6) is 0 Å². The van der Waals surface area contributed by atoms with Crippen LogP contribution >= 0.6 is 0 Å². The van der Waals surface area contributed by atoms with Gasteiger partial charge in [0.2, 0.25) is 0 Å². The number of carbonyl (C=O) groups excluding carboxylic acids is 1. The van der Waals surface area contributed by atoms with Gasteiger partial charge in [-0.25, -0.2) is 9.78 Å². The first-order valence-corrected chi connectivity index (χ1v) is 7.06. The van der Waals surface area contributed by atoms with Crippen LogP contribution in [0.3, 0.4) is 0 Å². The second kappa shape index (κ2) is 5.59. The van der Waals surface area contributed by atoms with Crippen molar-refractivity contribution >= 4 is 17.5 Å². The highest BCUT2D eigenvalue weighted by Gasteiger charge is 2.30. The molecule has 1 unspecified atom stereocenters. The third kappa shape index (κ3) is 2.83. The normalized spacial score (nSPS) is 15.5. The molecule has 2 aromatic heterocycles. The van der Waals surface area contributed by atoms with Gasteiger partial charge in [0.05, 0.1) is 0 Å². The Morgan fingerprint density at radius 1 is 1.41 bits per heavy atom. The average molecular weight is 301 g/mol. The molecule has 0 aromatic carbocycles. The van der Waals surface area contributed by atoms with E-state index in [1.54, 1.807) is 18.2 Å². The second-order valence-corrected chi connectivity index (χ2v) is 5.45. The van der Waals surface area contributed by atoms with E-state index in [0.29, 0.717) is 18.0 Å². The van der Waals surface area contributed by atoms with Crippen LogP contribution in [-0.4, -0.2) is 32.4 Å². The molecule has 3 rings (SSSR count). The summed E-state index contributed by atoms with van der Waals surface area (Å²) >= 11 is 0. The second-order valence-electron chi connectivity index (χ2n) is 5.45. The molecule has 1 saturated carbocycles. The summed E-state index contributed by atoms with van der Waals surface area (Å²) in [6.07, 6.45) is 5.06. The maximum atomic E-state index is 12.3. The largest absolute Gasteiger partial charge is 0.480 e. The van der Waals surface area contributed by atoms with E-state index in [1.165, 1.54) is 16.8 Å². The summed E-state index contributed by atoms with van der Waals surface area (Å²) < 4.78 is 1.26. The quantitative estimate of drug-likeness (QED) is 0.845. The Morgan fingerprint density at radius 3 is 2.86 bits per heavy atom. The summed E-state index contributed by atoms with van der Waals surface area (Å²) in [6.45, 7) is 0. The molecule has 1 aliphatic rings. The van der Waals surface area contributed by atoms with Crippen LogP contribution in [0.2, 0.25) is 0 Å². The lowest BCUT2D eigenvalue weighted by Crippen LogP contribution is -2.43. The molecule has 1 aliphatic carbocycles. The standard InChI is InChI=1S/C15H15N3O4/c19-13(17-11(15(21)22)7-9-4-5-9)10-8-16-12-3-1-2-6-18(12)14(10)20/h1-3,6,8-9,11H,4-5,7H2,(H,17,19)(H,21,22). The number of hydrogen-bond acceptors (Lipinski definition) is 4. The summed E-state index contributed by atoms with van der Waals surface area (Å²) in [6, 6.07) is 4.06. The highest BCUT2D eigenvalue weighted by molar-refractivity contribution is 5.96. The maximum absolute atomic E-state index is 12.3. The number of hydrogen-bond donors (Lipinski definition) is 2. The van der Waals surface area contributed by atoms with Crippen LogP contribution in [0.15, 0.2) is 35.4 Å². The number of nitrogens with zero attached hydrogens (tertiary/aromatic N) is 2. The molecule has 0 saturated heterocycles. The van der Waals surface area contributed by atoms with Crippen molar-refractivity contribution in [3.05, 3.63) is 46.5 Å². The van der Waals surface area contributed by atoms with E-state index in [0.717, 1.165) is 12.8 Å². The zero-order chi connectivity index (χ0) is 15.7. The van der Waals surface area contributed by atoms with E-state index in [1.807, 2.05) is 0 Å². The van der Waals surface area contributed by atoms with Gasteiger partial charge in [-0.1, -0.05) is 18.9 Å². The van der Waals surface area contributed by atoms with Crippen LogP contribution < -0.4 is 10.9 Å². The number of carboxylic acid groups (broad SMARTS) is 1. The number of carbonyl (C=O) groups is 2. The number of aromatic nitrogens is 2. The molecule has 1 atom stereocenters. The van der Waals surface area contributed by atoms with Crippen molar-refractivity contribution in [2.45, 2.75) is 25.3 Å². The van der Waals surface area contributed by atoms with E-state index in [4.69, 9.17) is 0 Å². The lowest BCUT2D eigenvalue weighted by Gasteiger charge is -2.13. The fourth-order valence-corrected chi connectivity index (χ4v) is 2.33. The molecule has 0 radical (unpaired) electrons. The van der Waals surface area contributed by atoms with Crippen molar-refractivity contribution in [3.63, 3.8) is 0 Å². The minimum Gasteiger partial charge on any atom is -0.480 e. The van der Waals surface area contributed by atoms with Gasteiger partial charge in [0.1, 0.15) is 17.3 Å². The van der Waals surface area contributed by atoms with Crippen LogP contribution in [0.1, 0.15) is 29.6 Å². The van der Waals surface area contributed by atoms with E-state index >= 15 is 0 Å². The molecule has 1 fully saturated rings. The molecule has 0 bridgehead atoms. The number of fused-ring (bicyclic) bond motifs is 1. The van der Waals surface area contributed by atoms with Gasteiger partial charge in [-0.05, 0) is 24.5 Å². The summed E-state index contributed by atoms with van der Waals surface area (Å²) in [4.78, 5) is 39.7. The molecule has 0 spiro atoms. The first-order valence-electron chi connectivity index (χ1n) is 7.06. The molecule has 7 nitrogen and oxygen atoms in total. The minimum atomic E-state index is -1.09. The first-order chi connectivity index (χ1) is 10.6. The Balaban J connectivity index is 1.86. The van der Waals surface area contributed by atoms with E-state index in [-0.39, 0.29) is 5.56 Å². The summed E-state index contributed by atoms with van der Waals surface area (Å²) in [5.74, 6) is -1.45. The smallest absolute Gasteiger partial charge is 0.326 e. The van der Waals surface area contributed by atoms with Gasteiger partial charge >= 0.3 is 5.97 Å². The topological polar surface area (TPSA) is 101 Å². The molecule has 7 heteroatoms. The number of carboxylic acids is 1. The number of nitrogens with one attached hydrogen (secondary N) is 1. The zero-order valence-corrected chi connectivity index (χ0v) is 11.7. The molecule has 2 aromatic rings. The number of rotatable bonds is 5. The van der Waals surface area contributed by atoms with Gasteiger partial charge in [-0.2, -0.15) is 0 Å². The lowest BCUT2D eigenvalue weighted by molar-refractivity contribution is -0.139. The fourth-order valence-electron chi connectivity index (χ4n) is 2.33. The predicted molar refractivity (Wildman–Crippen MR) is 77.7 cm³/mol. The Morgan fingerprint density at radius 2 is 2.18 bits per heavy atom. The van der Waals surface area contributed by atoms with Crippen molar-refractivity contribution in [2.24, 2.45) is 5.92 Å². The molecule has 1 amide bonds. The molecule has 0 aliphatic heterocycles. The van der Waals surface area contributed by atoms with Crippen LogP contribution in [0.25, 0.3) is 5.65 Å². The summed E-state index contributed by atoms with van der Waals surface area (Å²) in [5.41, 5.74) is -0.249. The average Bonchev–Trinajstić information content (AvgIpc) is 3.31. The molecule has 2 heterocycles. The minimum absolute atomic E-state index is 0.161. The summed E-state index contributed by atoms with van der Waals surface area (Å²) in [7, 11) is 0. The highest BCUT2D eigenvalue weighted by Crippen LogP contribution is 2.33. The maximum Gasteiger partial charge on any atom is 0.326 e. The number of aliphatic carboxylic acids is 1. The van der Waals surface area contributed by atoms with Crippen molar-refractivity contribution < 1.29 is 14.7 Å². The molecular formula is C15H15N3O4. The third-order valence-electron chi connectivity index (χ3n) is 3.73. The van der Waals surface area contributed by atoms with Gasteiger partial charge in [0.25, 0.3) is 11.5 Å². The highest BCUT2D eigenvalue weighted by atomic mass is 16.4. The molecule has 22 heavy (non-hydrogen) atoms. The first kappa shape index (κ1) is 14.2. The van der Waals surface area contributed by atoms with E-state index in [9.17, 15) is 19.5 Å². The Labute approximate surface area is 125 Å². The van der Waals surface area contributed by atoms with Crippen molar-refractivity contribution in [2.75, 3.05) is 0 Å². The molecular weight excluding hydrogens is 286 g/mol. The van der Waals surface area contributed by atoms with Crippen LogP contribution in [-0.2, 0) is 4.79 Å². The Kier molecular flexibility index (Phi) is 3.62. The molecule has 2 N–H and O–H groups in total. The Bertz CT molecular complexity index is 795. The van der Waals surface area contributed by atoms with Crippen molar-refractivity contribution in [1.29, 1.82) is 0 Å². The van der Waals surface area contributed by atoms with Gasteiger partial charge in [-0.15, -0.1) is 0 Å². The lowest BCUT2D eigenvalue weighted by atomic mass is 10.1. The van der Waals surface area contributed by atoms with Crippen LogP contribution in [0, 0.1) is 5.92 Å². The van der Waals surface area contributed by atoms with Gasteiger partial charge in [-0.3, -0.25) is 14.0 Å². The van der Waals surface area contributed by atoms with Gasteiger partial charge in [0, 0.05) is 12.4 Å². The molecule has 114 valence electrons. The monoisotopic (exact) mass is 301 g/mol. The van der Waals surface area contributed by atoms with E-state index in [2.05, 4.69) is 10.3 Å².